The molecular weight excluding hydrogens is 350 g/mol. The van der Waals surface area contributed by atoms with Crippen LogP contribution in [0.25, 0.3) is 0 Å². The molecule has 0 N–H and O–H groups in total. The Bertz CT molecular complexity index is 902. The SMILES string of the molecule is Cc1ncc2c(n1)C1(CCN(C(=O)CC3CCc4ccccc43)CC1)OCC2. The number of hydrogen-bond donors (Lipinski definition) is 0. The zero-order valence-corrected chi connectivity index (χ0v) is 16.5. The lowest BCUT2D eigenvalue weighted by molar-refractivity contribution is -0.141. The van der Waals surface area contributed by atoms with Crippen LogP contribution in [-0.2, 0) is 28.0 Å². The van der Waals surface area contributed by atoms with Crippen LogP contribution in [0.15, 0.2) is 30.5 Å². The van der Waals surface area contributed by atoms with Crippen LogP contribution in [-0.4, -0.2) is 40.5 Å². The molecule has 0 bridgehead atoms. The number of ether oxygens (including phenoxy) is 1. The van der Waals surface area contributed by atoms with Crippen LogP contribution < -0.4 is 0 Å². The summed E-state index contributed by atoms with van der Waals surface area (Å²) in [6.45, 7) is 4.14. The maximum atomic E-state index is 13.0. The molecule has 0 radical (unpaired) electrons. The third-order valence-corrected chi connectivity index (χ3v) is 6.77. The summed E-state index contributed by atoms with van der Waals surface area (Å²) in [6, 6.07) is 8.58. The Kier molecular flexibility index (Phi) is 4.43. The summed E-state index contributed by atoms with van der Waals surface area (Å²) < 4.78 is 6.27. The molecule has 5 nitrogen and oxygen atoms in total. The lowest BCUT2D eigenvalue weighted by Crippen LogP contribution is -2.49. The fraction of sp³-hybridized carbons (Fsp3) is 0.522. The first kappa shape index (κ1) is 17.8. The Hall–Kier alpha value is -2.27. The molecule has 1 atom stereocenters. The van der Waals surface area contributed by atoms with Gasteiger partial charge in [-0.05, 0) is 61.6 Å². The van der Waals surface area contributed by atoms with Gasteiger partial charge >= 0.3 is 0 Å². The Morgan fingerprint density at radius 1 is 1.21 bits per heavy atom. The van der Waals surface area contributed by atoms with Crippen LogP contribution in [0.4, 0.5) is 0 Å². The molecule has 146 valence electrons. The van der Waals surface area contributed by atoms with Gasteiger partial charge in [0.05, 0.1) is 12.3 Å². The highest BCUT2D eigenvalue weighted by Crippen LogP contribution is 2.41. The topological polar surface area (TPSA) is 55.3 Å². The van der Waals surface area contributed by atoms with Gasteiger partial charge in [0.25, 0.3) is 0 Å². The highest BCUT2D eigenvalue weighted by molar-refractivity contribution is 5.77. The van der Waals surface area contributed by atoms with Crippen molar-refractivity contribution in [2.45, 2.75) is 57.0 Å². The zero-order chi connectivity index (χ0) is 19.1. The zero-order valence-electron chi connectivity index (χ0n) is 16.5. The van der Waals surface area contributed by atoms with Crippen LogP contribution in [0, 0.1) is 6.92 Å². The summed E-state index contributed by atoms with van der Waals surface area (Å²) >= 11 is 0. The quantitative estimate of drug-likeness (QED) is 0.806. The number of carbonyl (C=O) groups is 1. The Balaban J connectivity index is 1.27. The molecule has 1 aliphatic carbocycles. The second kappa shape index (κ2) is 6.96. The van der Waals surface area contributed by atoms with Gasteiger partial charge in [0.15, 0.2) is 0 Å². The van der Waals surface area contributed by atoms with Crippen molar-refractivity contribution in [3.63, 3.8) is 0 Å². The van der Waals surface area contributed by atoms with E-state index in [4.69, 9.17) is 9.72 Å². The number of nitrogens with zero attached hydrogens (tertiary/aromatic N) is 3. The van der Waals surface area contributed by atoms with Crippen LogP contribution in [0.2, 0.25) is 0 Å². The van der Waals surface area contributed by atoms with Crippen molar-refractivity contribution in [2.24, 2.45) is 0 Å². The average molecular weight is 377 g/mol. The van der Waals surface area contributed by atoms with Crippen LogP contribution in [0.1, 0.15) is 59.8 Å². The first-order valence-electron chi connectivity index (χ1n) is 10.5. The second-order valence-electron chi connectivity index (χ2n) is 8.40. The molecule has 5 heteroatoms. The molecule has 1 aromatic heterocycles. The first-order chi connectivity index (χ1) is 13.6. The van der Waals surface area contributed by atoms with Crippen molar-refractivity contribution in [3.8, 4) is 0 Å². The van der Waals surface area contributed by atoms with Gasteiger partial charge in [-0.2, -0.15) is 0 Å². The molecule has 3 aliphatic rings. The predicted octanol–water partition coefficient (Wildman–Crippen LogP) is 3.30. The monoisotopic (exact) mass is 377 g/mol. The smallest absolute Gasteiger partial charge is 0.223 e. The predicted molar refractivity (Wildman–Crippen MR) is 106 cm³/mol. The molecule has 1 unspecified atom stereocenters. The molecule has 28 heavy (non-hydrogen) atoms. The van der Waals surface area contributed by atoms with Gasteiger partial charge in [-0.15, -0.1) is 0 Å². The summed E-state index contributed by atoms with van der Waals surface area (Å²) in [4.78, 5) is 24.1. The summed E-state index contributed by atoms with van der Waals surface area (Å²) in [6.07, 6.45) is 7.30. The third kappa shape index (κ3) is 3.02. The van der Waals surface area contributed by atoms with Gasteiger partial charge < -0.3 is 9.64 Å². The first-order valence-corrected chi connectivity index (χ1v) is 10.5. The molecular formula is C23H27N3O2. The fourth-order valence-corrected chi connectivity index (χ4v) is 5.19. The molecule has 2 aliphatic heterocycles. The van der Waals surface area contributed by atoms with E-state index in [1.54, 1.807) is 0 Å². The van der Waals surface area contributed by atoms with Crippen LogP contribution in [0.3, 0.4) is 0 Å². The molecule has 5 rings (SSSR count). The van der Waals surface area contributed by atoms with Crippen molar-refractivity contribution < 1.29 is 9.53 Å². The number of aromatic nitrogens is 2. The minimum Gasteiger partial charge on any atom is -0.368 e. The number of amides is 1. The van der Waals surface area contributed by atoms with E-state index >= 15 is 0 Å². The van der Waals surface area contributed by atoms with Crippen molar-refractivity contribution in [1.29, 1.82) is 0 Å². The van der Waals surface area contributed by atoms with E-state index in [1.807, 2.05) is 18.0 Å². The van der Waals surface area contributed by atoms with Gasteiger partial charge in [0.2, 0.25) is 5.91 Å². The standard InChI is InChI=1S/C23H27N3O2/c1-16-24-15-19-8-13-28-23(22(19)25-16)9-11-26(12-10-23)21(27)14-18-7-6-17-4-2-3-5-20(17)18/h2-5,15,18H,6-14H2,1H3. The van der Waals surface area contributed by atoms with Crippen LogP contribution in [0.5, 0.6) is 0 Å². The molecule has 1 spiro atoms. The molecule has 1 amide bonds. The van der Waals surface area contributed by atoms with Gasteiger partial charge in [0, 0.05) is 25.7 Å². The van der Waals surface area contributed by atoms with E-state index in [1.165, 1.54) is 16.7 Å². The summed E-state index contributed by atoms with van der Waals surface area (Å²) in [5, 5.41) is 0. The maximum Gasteiger partial charge on any atom is 0.223 e. The summed E-state index contributed by atoms with van der Waals surface area (Å²) in [7, 11) is 0. The number of benzene rings is 1. The number of carbonyl (C=O) groups excluding carboxylic acids is 1. The van der Waals surface area contributed by atoms with E-state index in [2.05, 4.69) is 29.2 Å². The molecule has 1 saturated heterocycles. The summed E-state index contributed by atoms with van der Waals surface area (Å²) in [5.41, 5.74) is 4.72. The van der Waals surface area contributed by atoms with E-state index in [-0.39, 0.29) is 11.5 Å². The lowest BCUT2D eigenvalue weighted by Gasteiger charge is -2.44. The average Bonchev–Trinajstić information content (AvgIpc) is 3.12. The highest BCUT2D eigenvalue weighted by atomic mass is 16.5. The third-order valence-electron chi connectivity index (χ3n) is 6.77. The van der Waals surface area contributed by atoms with Gasteiger partial charge in [-0.3, -0.25) is 4.79 Å². The molecule has 3 heterocycles. The second-order valence-corrected chi connectivity index (χ2v) is 8.40. The van der Waals surface area contributed by atoms with Gasteiger partial charge in [-0.1, -0.05) is 24.3 Å². The van der Waals surface area contributed by atoms with Gasteiger partial charge in [0.1, 0.15) is 11.4 Å². The van der Waals surface area contributed by atoms with E-state index in [9.17, 15) is 4.79 Å². The Morgan fingerprint density at radius 2 is 2.04 bits per heavy atom. The van der Waals surface area contributed by atoms with E-state index in [0.717, 1.165) is 56.7 Å². The van der Waals surface area contributed by atoms with Crippen molar-refractivity contribution in [1.82, 2.24) is 14.9 Å². The molecule has 0 saturated carbocycles. The van der Waals surface area contributed by atoms with Crippen LogP contribution >= 0.6 is 0 Å². The number of piperidine rings is 1. The van der Waals surface area contributed by atoms with Gasteiger partial charge in [-0.25, -0.2) is 9.97 Å². The normalized spacial score (nSPS) is 22.8. The van der Waals surface area contributed by atoms with E-state index < -0.39 is 0 Å². The highest BCUT2D eigenvalue weighted by Gasteiger charge is 2.43. The number of hydrogen-bond acceptors (Lipinski definition) is 4. The molecule has 1 aromatic carbocycles. The Labute approximate surface area is 166 Å². The van der Waals surface area contributed by atoms with Crippen molar-refractivity contribution >= 4 is 5.91 Å². The molecule has 1 fully saturated rings. The number of likely N-dealkylation sites (tertiary alicyclic amines) is 1. The van der Waals surface area contributed by atoms with Crippen molar-refractivity contribution in [3.05, 3.63) is 58.7 Å². The minimum absolute atomic E-state index is 0.284. The Morgan fingerprint density at radius 3 is 2.89 bits per heavy atom. The number of aryl methyl sites for hydroxylation is 2. The van der Waals surface area contributed by atoms with E-state index in [0.29, 0.717) is 18.9 Å². The largest absolute Gasteiger partial charge is 0.368 e. The maximum absolute atomic E-state index is 13.0. The summed E-state index contributed by atoms with van der Waals surface area (Å²) in [5.74, 6) is 1.45. The lowest BCUT2D eigenvalue weighted by atomic mass is 9.83. The molecule has 2 aromatic rings. The number of fused-ring (bicyclic) bond motifs is 3. The number of rotatable bonds is 2. The van der Waals surface area contributed by atoms with Crippen molar-refractivity contribution in [2.75, 3.05) is 19.7 Å². The minimum atomic E-state index is -0.335. The fourth-order valence-electron chi connectivity index (χ4n) is 5.19.